The van der Waals surface area contributed by atoms with Gasteiger partial charge in [0.05, 0.1) is 5.92 Å². The molecule has 18 heavy (non-hydrogen) atoms. The van der Waals surface area contributed by atoms with E-state index in [1.807, 2.05) is 6.92 Å². The summed E-state index contributed by atoms with van der Waals surface area (Å²) in [5, 5.41) is 0. The predicted molar refractivity (Wildman–Crippen MR) is 75.2 cm³/mol. The average Bonchev–Trinajstić information content (AvgIpc) is 2.23. The summed E-state index contributed by atoms with van der Waals surface area (Å²) in [7, 11) is 0. The van der Waals surface area contributed by atoms with Gasteiger partial charge in [0, 0.05) is 0 Å². The number of carbonyl (C=O) groups excluding carboxylic acids is 1. The van der Waals surface area contributed by atoms with Crippen molar-refractivity contribution in [3.63, 3.8) is 0 Å². The molecule has 0 radical (unpaired) electrons. The molecule has 1 aliphatic rings. The summed E-state index contributed by atoms with van der Waals surface area (Å²) >= 11 is 0. The zero-order chi connectivity index (χ0) is 13.9. The Labute approximate surface area is 112 Å². The maximum Gasteiger partial charge on any atom is 0.312 e. The van der Waals surface area contributed by atoms with Crippen molar-refractivity contribution in [3.05, 3.63) is 0 Å². The van der Waals surface area contributed by atoms with Crippen LogP contribution in [0.1, 0.15) is 60.8 Å². The molecule has 0 N–H and O–H groups in total. The molecule has 2 nitrogen and oxygen atoms in total. The molecule has 1 aliphatic heterocycles. The van der Waals surface area contributed by atoms with Crippen LogP contribution in [-0.4, -0.2) is 12.1 Å². The van der Waals surface area contributed by atoms with E-state index in [1.165, 1.54) is 19.3 Å². The van der Waals surface area contributed by atoms with Gasteiger partial charge < -0.3 is 4.74 Å². The molecule has 0 aromatic carbocycles. The van der Waals surface area contributed by atoms with Crippen molar-refractivity contribution in [1.82, 2.24) is 0 Å². The average molecular weight is 254 g/mol. The number of hydrogen-bond acceptors (Lipinski definition) is 2. The van der Waals surface area contributed by atoms with Gasteiger partial charge in [0.1, 0.15) is 6.10 Å². The quantitative estimate of drug-likeness (QED) is 0.634. The second-order valence-electron chi connectivity index (χ2n) is 6.98. The highest BCUT2D eigenvalue weighted by atomic mass is 16.6. The fraction of sp³-hybridized carbons (Fsp3) is 0.938. The Morgan fingerprint density at radius 1 is 1.00 bits per heavy atom. The van der Waals surface area contributed by atoms with E-state index < -0.39 is 0 Å². The Hall–Kier alpha value is -0.530. The van der Waals surface area contributed by atoms with Crippen LogP contribution in [0.4, 0.5) is 0 Å². The lowest BCUT2D eigenvalue weighted by molar-refractivity contribution is -0.189. The number of esters is 1. The molecule has 1 heterocycles. The van der Waals surface area contributed by atoms with Gasteiger partial charge >= 0.3 is 5.97 Å². The summed E-state index contributed by atoms with van der Waals surface area (Å²) in [6.07, 6.45) is 3.94. The number of rotatable bonds is 7. The van der Waals surface area contributed by atoms with Gasteiger partial charge in [-0.05, 0) is 49.9 Å². The second-order valence-corrected chi connectivity index (χ2v) is 6.98. The minimum atomic E-state index is -0.0207. The Balaban J connectivity index is 2.27. The fourth-order valence-electron chi connectivity index (χ4n) is 3.47. The second kappa shape index (κ2) is 6.58. The number of ether oxygens (including phenoxy) is 1. The lowest BCUT2D eigenvalue weighted by Gasteiger charge is -2.38. The molecule has 1 fully saturated rings. The smallest absolute Gasteiger partial charge is 0.312 e. The van der Waals surface area contributed by atoms with E-state index in [2.05, 4.69) is 34.6 Å². The van der Waals surface area contributed by atoms with Gasteiger partial charge in [0.25, 0.3) is 0 Å². The molecule has 0 saturated carbocycles. The van der Waals surface area contributed by atoms with Crippen LogP contribution in [-0.2, 0) is 9.53 Å². The van der Waals surface area contributed by atoms with Crippen molar-refractivity contribution in [2.45, 2.75) is 66.9 Å². The minimum absolute atomic E-state index is 0.0207. The summed E-state index contributed by atoms with van der Waals surface area (Å²) in [6, 6.07) is 0. The van der Waals surface area contributed by atoms with Crippen LogP contribution in [0.5, 0.6) is 0 Å². The Bertz CT molecular complexity index is 272. The van der Waals surface area contributed by atoms with Crippen LogP contribution in [0.25, 0.3) is 0 Å². The third-order valence-electron chi connectivity index (χ3n) is 4.13. The topological polar surface area (TPSA) is 26.3 Å². The van der Waals surface area contributed by atoms with Crippen LogP contribution in [0.3, 0.4) is 0 Å². The van der Waals surface area contributed by atoms with E-state index >= 15 is 0 Å². The van der Waals surface area contributed by atoms with Crippen molar-refractivity contribution in [2.75, 3.05) is 0 Å². The summed E-state index contributed by atoms with van der Waals surface area (Å²) in [6.45, 7) is 13.5. The number of carbonyl (C=O) groups is 1. The molecule has 0 spiro atoms. The first-order chi connectivity index (χ1) is 8.31. The third kappa shape index (κ3) is 4.29. The van der Waals surface area contributed by atoms with Crippen LogP contribution >= 0.6 is 0 Å². The summed E-state index contributed by atoms with van der Waals surface area (Å²) in [5.74, 6) is 2.90. The standard InChI is InChI=1S/C16H30O2/c1-10(2)7-11(3)8-12(4)9-13(5)15-14(6)16(17)18-15/h10-15H,7-9H2,1-6H3/t11-,12-,13-,14+,15+/m1/s1. The third-order valence-corrected chi connectivity index (χ3v) is 4.13. The van der Waals surface area contributed by atoms with Crippen LogP contribution in [0, 0.1) is 29.6 Å². The molecule has 0 aromatic heterocycles. The first kappa shape index (κ1) is 15.5. The van der Waals surface area contributed by atoms with Gasteiger partial charge in [-0.25, -0.2) is 0 Å². The van der Waals surface area contributed by atoms with Crippen molar-refractivity contribution in [2.24, 2.45) is 29.6 Å². The van der Waals surface area contributed by atoms with Crippen LogP contribution in [0.15, 0.2) is 0 Å². The van der Waals surface area contributed by atoms with Crippen LogP contribution < -0.4 is 0 Å². The first-order valence-corrected chi connectivity index (χ1v) is 7.51. The lowest BCUT2D eigenvalue weighted by Crippen LogP contribution is -2.47. The maximum atomic E-state index is 11.1. The Kier molecular flexibility index (Phi) is 5.68. The molecule has 1 rings (SSSR count). The molecule has 1 saturated heterocycles. The van der Waals surface area contributed by atoms with E-state index in [0.717, 1.165) is 17.8 Å². The highest BCUT2D eigenvalue weighted by Gasteiger charge is 2.42. The Morgan fingerprint density at radius 3 is 2.00 bits per heavy atom. The van der Waals surface area contributed by atoms with Gasteiger partial charge in [-0.3, -0.25) is 4.79 Å². The molecular weight excluding hydrogens is 224 g/mol. The zero-order valence-corrected chi connectivity index (χ0v) is 12.9. The van der Waals surface area contributed by atoms with E-state index in [1.54, 1.807) is 0 Å². The summed E-state index contributed by atoms with van der Waals surface area (Å²) in [5.41, 5.74) is 0. The van der Waals surface area contributed by atoms with E-state index in [9.17, 15) is 4.79 Å². The maximum absolute atomic E-state index is 11.1. The zero-order valence-electron chi connectivity index (χ0n) is 12.9. The highest BCUT2D eigenvalue weighted by molar-refractivity contribution is 5.78. The normalized spacial score (nSPS) is 28.5. The van der Waals surface area contributed by atoms with E-state index in [4.69, 9.17) is 4.74 Å². The molecule has 2 heteroatoms. The van der Waals surface area contributed by atoms with Crippen molar-refractivity contribution >= 4 is 5.97 Å². The van der Waals surface area contributed by atoms with Gasteiger partial charge in [0.15, 0.2) is 0 Å². The number of cyclic esters (lactones) is 1. The van der Waals surface area contributed by atoms with E-state index in [-0.39, 0.29) is 18.0 Å². The number of hydrogen-bond donors (Lipinski definition) is 0. The summed E-state index contributed by atoms with van der Waals surface area (Å²) < 4.78 is 5.24. The highest BCUT2D eigenvalue weighted by Crippen LogP contribution is 2.33. The lowest BCUT2D eigenvalue weighted by atomic mass is 9.80. The van der Waals surface area contributed by atoms with Gasteiger partial charge in [0.2, 0.25) is 0 Å². The van der Waals surface area contributed by atoms with Crippen LogP contribution in [0.2, 0.25) is 0 Å². The van der Waals surface area contributed by atoms with Crippen molar-refractivity contribution in [3.8, 4) is 0 Å². The largest absolute Gasteiger partial charge is 0.461 e. The van der Waals surface area contributed by atoms with Crippen molar-refractivity contribution < 1.29 is 9.53 Å². The molecule has 106 valence electrons. The van der Waals surface area contributed by atoms with Gasteiger partial charge in [-0.15, -0.1) is 0 Å². The van der Waals surface area contributed by atoms with Gasteiger partial charge in [-0.2, -0.15) is 0 Å². The molecule has 0 unspecified atom stereocenters. The SMILES string of the molecule is CC(C)C[C@@H](C)C[C@@H](C)C[C@@H](C)[C@@H]1OC(=O)[C@H]1C. The predicted octanol–water partition coefficient (Wildman–Crippen LogP) is 4.28. The first-order valence-electron chi connectivity index (χ1n) is 7.51. The molecule has 0 aliphatic carbocycles. The molecular formula is C16H30O2. The van der Waals surface area contributed by atoms with Crippen molar-refractivity contribution in [1.29, 1.82) is 0 Å². The minimum Gasteiger partial charge on any atom is -0.461 e. The molecule has 0 bridgehead atoms. The van der Waals surface area contributed by atoms with E-state index in [0.29, 0.717) is 5.92 Å². The molecule has 0 aromatic rings. The fourth-order valence-corrected chi connectivity index (χ4v) is 3.47. The van der Waals surface area contributed by atoms with Gasteiger partial charge in [-0.1, -0.05) is 34.6 Å². The monoisotopic (exact) mass is 254 g/mol. The Morgan fingerprint density at radius 2 is 1.56 bits per heavy atom. The summed E-state index contributed by atoms with van der Waals surface area (Å²) in [4.78, 5) is 11.1. The molecule has 0 amide bonds. The molecule has 5 atom stereocenters.